The van der Waals surface area contributed by atoms with E-state index in [-0.39, 0.29) is 11.2 Å². The fourth-order valence-electron chi connectivity index (χ4n) is 2.44. The maximum atomic E-state index is 10.7. The van der Waals surface area contributed by atoms with Crippen LogP contribution in [0.5, 0.6) is 0 Å². The van der Waals surface area contributed by atoms with Gasteiger partial charge in [0.05, 0.1) is 5.41 Å². The minimum Gasteiger partial charge on any atom is -0.475 e. The number of aromatic carboxylic acids is 1. The van der Waals surface area contributed by atoms with Crippen molar-refractivity contribution in [3.05, 3.63) is 11.7 Å². The first-order valence-electron chi connectivity index (χ1n) is 5.95. The van der Waals surface area contributed by atoms with Crippen molar-refractivity contribution >= 4 is 5.97 Å². The minimum atomic E-state index is -1.17. The van der Waals surface area contributed by atoms with Crippen LogP contribution in [0.1, 0.15) is 55.0 Å². The van der Waals surface area contributed by atoms with E-state index in [1.165, 1.54) is 12.8 Å². The first kappa shape index (κ1) is 12.0. The third kappa shape index (κ3) is 2.31. The largest absolute Gasteiger partial charge is 0.475 e. The van der Waals surface area contributed by atoms with E-state index in [1.807, 2.05) is 0 Å². The Balaban J connectivity index is 2.28. The van der Waals surface area contributed by atoms with Gasteiger partial charge in [-0.3, -0.25) is 0 Å². The number of nitrogens with zero attached hydrogens (tertiary/aromatic N) is 2. The molecule has 1 aromatic heterocycles. The van der Waals surface area contributed by atoms with Crippen LogP contribution < -0.4 is 5.73 Å². The van der Waals surface area contributed by atoms with Crippen molar-refractivity contribution in [1.82, 2.24) is 10.1 Å². The average molecular weight is 239 g/mol. The fourth-order valence-corrected chi connectivity index (χ4v) is 2.44. The van der Waals surface area contributed by atoms with Gasteiger partial charge in [-0.25, -0.2) is 4.79 Å². The highest BCUT2D eigenvalue weighted by Crippen LogP contribution is 2.36. The molecule has 17 heavy (non-hydrogen) atoms. The number of nitrogens with two attached hydrogens (primary N) is 1. The summed E-state index contributed by atoms with van der Waals surface area (Å²) in [6, 6.07) is 0. The second kappa shape index (κ2) is 4.83. The Morgan fingerprint density at radius 3 is 2.47 bits per heavy atom. The van der Waals surface area contributed by atoms with Gasteiger partial charge in [0, 0.05) is 6.54 Å². The molecule has 1 fully saturated rings. The Morgan fingerprint density at radius 2 is 2.00 bits per heavy atom. The van der Waals surface area contributed by atoms with Crippen molar-refractivity contribution in [2.24, 2.45) is 5.73 Å². The number of carbonyl (C=O) groups is 1. The summed E-state index contributed by atoms with van der Waals surface area (Å²) in [6.45, 7) is 0.425. The fraction of sp³-hybridized carbons (Fsp3) is 0.727. The average Bonchev–Trinajstić information content (AvgIpc) is 2.70. The highest BCUT2D eigenvalue weighted by atomic mass is 16.5. The smallest absolute Gasteiger partial charge is 0.377 e. The molecule has 6 heteroatoms. The molecule has 1 saturated carbocycles. The highest BCUT2D eigenvalue weighted by molar-refractivity contribution is 5.82. The second-order valence-electron chi connectivity index (χ2n) is 4.63. The van der Waals surface area contributed by atoms with E-state index in [2.05, 4.69) is 10.1 Å². The van der Waals surface area contributed by atoms with Gasteiger partial charge in [-0.05, 0) is 18.0 Å². The minimum absolute atomic E-state index is 0.280. The van der Waals surface area contributed by atoms with E-state index in [0.29, 0.717) is 12.4 Å². The Bertz CT molecular complexity index is 394. The zero-order valence-electron chi connectivity index (χ0n) is 9.69. The summed E-state index contributed by atoms with van der Waals surface area (Å²) in [5.41, 5.74) is 5.53. The molecular weight excluding hydrogens is 222 g/mol. The molecule has 0 aliphatic heterocycles. The van der Waals surface area contributed by atoms with E-state index in [9.17, 15) is 4.79 Å². The van der Waals surface area contributed by atoms with Crippen LogP contribution in [0.3, 0.4) is 0 Å². The van der Waals surface area contributed by atoms with Gasteiger partial charge in [0.25, 0.3) is 5.82 Å². The molecule has 0 radical (unpaired) electrons. The normalized spacial score (nSPS) is 19.8. The van der Waals surface area contributed by atoms with E-state index in [4.69, 9.17) is 15.4 Å². The SMILES string of the molecule is NCC1(c2nc(C(=O)O)no2)CCCCCC1. The van der Waals surface area contributed by atoms with Gasteiger partial charge in [-0.15, -0.1) is 0 Å². The topological polar surface area (TPSA) is 102 Å². The molecule has 0 spiro atoms. The number of carboxylic acids is 1. The van der Waals surface area contributed by atoms with Gasteiger partial charge in [-0.1, -0.05) is 25.7 Å². The highest BCUT2D eigenvalue weighted by Gasteiger charge is 2.37. The maximum absolute atomic E-state index is 10.7. The second-order valence-corrected chi connectivity index (χ2v) is 4.63. The Labute approximate surface area is 99.2 Å². The molecule has 6 nitrogen and oxygen atoms in total. The molecule has 0 amide bonds. The van der Waals surface area contributed by atoms with Crippen molar-refractivity contribution in [2.45, 2.75) is 43.9 Å². The summed E-state index contributed by atoms with van der Waals surface area (Å²) in [6.07, 6.45) is 6.29. The van der Waals surface area contributed by atoms with Crippen LogP contribution >= 0.6 is 0 Å². The van der Waals surface area contributed by atoms with Crippen molar-refractivity contribution in [1.29, 1.82) is 0 Å². The Hall–Kier alpha value is -1.43. The van der Waals surface area contributed by atoms with Crippen LogP contribution in [-0.4, -0.2) is 27.8 Å². The zero-order chi connectivity index (χ0) is 12.3. The van der Waals surface area contributed by atoms with E-state index in [1.54, 1.807) is 0 Å². The quantitative estimate of drug-likeness (QED) is 0.771. The third-order valence-corrected chi connectivity index (χ3v) is 3.52. The lowest BCUT2D eigenvalue weighted by Gasteiger charge is -2.26. The van der Waals surface area contributed by atoms with Gasteiger partial charge in [-0.2, -0.15) is 4.98 Å². The van der Waals surface area contributed by atoms with E-state index in [0.717, 1.165) is 25.7 Å². The Kier molecular flexibility index (Phi) is 3.42. The van der Waals surface area contributed by atoms with Crippen molar-refractivity contribution < 1.29 is 14.4 Å². The summed E-state index contributed by atoms with van der Waals surface area (Å²) >= 11 is 0. The van der Waals surface area contributed by atoms with Gasteiger partial charge >= 0.3 is 5.97 Å². The molecule has 0 atom stereocenters. The van der Waals surface area contributed by atoms with Crippen LogP contribution in [0.2, 0.25) is 0 Å². The molecule has 3 N–H and O–H groups in total. The number of aromatic nitrogens is 2. The molecule has 1 aliphatic rings. The van der Waals surface area contributed by atoms with Crippen LogP contribution in [0.15, 0.2) is 4.52 Å². The van der Waals surface area contributed by atoms with Crippen molar-refractivity contribution in [3.8, 4) is 0 Å². The molecule has 94 valence electrons. The number of rotatable bonds is 3. The molecule has 0 unspecified atom stereocenters. The molecule has 2 rings (SSSR count). The molecule has 0 bridgehead atoms. The van der Waals surface area contributed by atoms with Gasteiger partial charge in [0.1, 0.15) is 0 Å². The van der Waals surface area contributed by atoms with Crippen LogP contribution in [0.4, 0.5) is 0 Å². The molecule has 1 aliphatic carbocycles. The van der Waals surface area contributed by atoms with Gasteiger partial charge in [0.15, 0.2) is 0 Å². The lowest BCUT2D eigenvalue weighted by Crippen LogP contribution is -2.35. The zero-order valence-corrected chi connectivity index (χ0v) is 9.69. The standard InChI is InChI=1S/C11H17N3O3/c12-7-11(5-3-1-2-4-6-11)10-13-8(9(15)16)14-17-10/h1-7,12H2,(H,15,16). The summed E-state index contributed by atoms with van der Waals surface area (Å²) < 4.78 is 5.09. The van der Waals surface area contributed by atoms with Crippen LogP contribution in [-0.2, 0) is 5.41 Å². The summed E-state index contributed by atoms with van der Waals surface area (Å²) in [4.78, 5) is 14.7. The molecular formula is C11H17N3O3. The number of hydrogen-bond donors (Lipinski definition) is 2. The monoisotopic (exact) mass is 239 g/mol. The van der Waals surface area contributed by atoms with Crippen molar-refractivity contribution in [2.75, 3.05) is 6.54 Å². The summed E-state index contributed by atoms with van der Waals surface area (Å²) in [5, 5.41) is 12.3. The summed E-state index contributed by atoms with van der Waals surface area (Å²) in [5.74, 6) is -1.06. The number of carboxylic acid groups (broad SMARTS) is 1. The predicted octanol–water partition coefficient (Wildman–Crippen LogP) is 1.32. The van der Waals surface area contributed by atoms with Crippen molar-refractivity contribution in [3.63, 3.8) is 0 Å². The van der Waals surface area contributed by atoms with E-state index < -0.39 is 5.97 Å². The summed E-state index contributed by atoms with van der Waals surface area (Å²) in [7, 11) is 0. The lowest BCUT2D eigenvalue weighted by molar-refractivity contribution is 0.0680. The van der Waals surface area contributed by atoms with Crippen LogP contribution in [0.25, 0.3) is 0 Å². The molecule has 1 heterocycles. The van der Waals surface area contributed by atoms with Crippen LogP contribution in [0, 0.1) is 0 Å². The molecule has 0 saturated heterocycles. The first-order chi connectivity index (χ1) is 8.18. The van der Waals surface area contributed by atoms with E-state index >= 15 is 0 Å². The number of hydrogen-bond acceptors (Lipinski definition) is 5. The molecule has 1 aromatic rings. The first-order valence-corrected chi connectivity index (χ1v) is 5.95. The van der Waals surface area contributed by atoms with Gasteiger partial charge < -0.3 is 15.4 Å². The predicted molar refractivity (Wildman–Crippen MR) is 59.7 cm³/mol. The Morgan fingerprint density at radius 1 is 1.35 bits per heavy atom. The van der Waals surface area contributed by atoms with Gasteiger partial charge in [0.2, 0.25) is 5.89 Å². The molecule has 0 aromatic carbocycles. The lowest BCUT2D eigenvalue weighted by atomic mass is 9.80. The third-order valence-electron chi connectivity index (χ3n) is 3.52. The maximum Gasteiger partial charge on any atom is 0.377 e.